The van der Waals surface area contributed by atoms with Crippen LogP contribution in [0.1, 0.15) is 25.7 Å². The van der Waals surface area contributed by atoms with Gasteiger partial charge >= 0.3 is 0 Å². The van der Waals surface area contributed by atoms with Crippen molar-refractivity contribution in [3.63, 3.8) is 0 Å². The van der Waals surface area contributed by atoms with Gasteiger partial charge in [-0.25, -0.2) is 4.98 Å². The lowest BCUT2D eigenvalue weighted by Gasteiger charge is -2.19. The van der Waals surface area contributed by atoms with E-state index in [0.29, 0.717) is 18.3 Å². The summed E-state index contributed by atoms with van der Waals surface area (Å²) in [6, 6.07) is 5.51. The normalized spacial score (nSPS) is 18.2. The monoisotopic (exact) mass is 362 g/mol. The van der Waals surface area contributed by atoms with Gasteiger partial charge in [0.25, 0.3) is 0 Å². The molecule has 0 atom stereocenters. The molecule has 0 amide bonds. The largest absolute Gasteiger partial charge is 0.388 e. The van der Waals surface area contributed by atoms with Crippen molar-refractivity contribution in [3.8, 4) is 0 Å². The molecule has 2 rings (SSSR count). The molecule has 0 radical (unpaired) electrons. The van der Waals surface area contributed by atoms with Crippen molar-refractivity contribution in [1.29, 1.82) is 0 Å². The highest BCUT2D eigenvalue weighted by molar-refractivity contribution is 14.0. The van der Waals surface area contributed by atoms with Crippen LogP contribution in [0.5, 0.6) is 0 Å². The van der Waals surface area contributed by atoms with Gasteiger partial charge in [-0.1, -0.05) is 18.9 Å². The lowest BCUT2D eigenvalue weighted by molar-refractivity contribution is 0.0575. The third-order valence-corrected chi connectivity index (χ3v) is 3.00. The van der Waals surface area contributed by atoms with E-state index in [1.807, 2.05) is 18.2 Å². The molecule has 18 heavy (non-hydrogen) atoms. The first-order chi connectivity index (χ1) is 8.18. The molecule has 0 spiro atoms. The van der Waals surface area contributed by atoms with Gasteiger partial charge in [-0.2, -0.15) is 0 Å². The second-order valence-corrected chi connectivity index (χ2v) is 4.47. The van der Waals surface area contributed by atoms with Gasteiger partial charge in [0.15, 0.2) is 5.96 Å². The Morgan fingerprint density at radius 2 is 2.17 bits per heavy atom. The number of halogens is 1. The second-order valence-electron chi connectivity index (χ2n) is 4.47. The summed E-state index contributed by atoms with van der Waals surface area (Å²) >= 11 is 0. The zero-order chi connectivity index (χ0) is 12.1. The lowest BCUT2D eigenvalue weighted by Crippen LogP contribution is -2.31. The summed E-state index contributed by atoms with van der Waals surface area (Å²) in [6.45, 7) is 0.360. The number of aliphatic hydroxyl groups is 1. The SMILES string of the molecule is I.NC(=NCC1(O)CCCC1)Nc1ccccn1. The molecule has 1 heterocycles. The van der Waals surface area contributed by atoms with Crippen LogP contribution in [-0.2, 0) is 0 Å². The summed E-state index contributed by atoms with van der Waals surface area (Å²) in [5.74, 6) is 0.955. The van der Waals surface area contributed by atoms with Crippen molar-refractivity contribution < 1.29 is 5.11 Å². The van der Waals surface area contributed by atoms with E-state index in [2.05, 4.69) is 15.3 Å². The van der Waals surface area contributed by atoms with E-state index in [-0.39, 0.29) is 24.0 Å². The van der Waals surface area contributed by atoms with Gasteiger partial charge in [0, 0.05) is 6.20 Å². The molecule has 1 aromatic heterocycles. The molecule has 0 saturated heterocycles. The van der Waals surface area contributed by atoms with Gasteiger partial charge < -0.3 is 16.2 Å². The highest BCUT2D eigenvalue weighted by atomic mass is 127. The molecule has 0 bridgehead atoms. The van der Waals surface area contributed by atoms with Crippen molar-refractivity contribution in [2.24, 2.45) is 10.7 Å². The minimum absolute atomic E-state index is 0. The maximum atomic E-state index is 10.1. The molecule has 1 aromatic rings. The molecule has 1 saturated carbocycles. The molecule has 5 nitrogen and oxygen atoms in total. The molecule has 4 N–H and O–H groups in total. The number of guanidine groups is 1. The van der Waals surface area contributed by atoms with E-state index in [1.54, 1.807) is 6.20 Å². The average Bonchev–Trinajstić information content (AvgIpc) is 2.76. The Bertz CT molecular complexity index is 390. The predicted octanol–water partition coefficient (Wildman–Crippen LogP) is 1.73. The van der Waals surface area contributed by atoms with Crippen LogP contribution >= 0.6 is 24.0 Å². The molecular formula is C12H19IN4O. The van der Waals surface area contributed by atoms with Crippen molar-refractivity contribution in [1.82, 2.24) is 4.98 Å². The minimum Gasteiger partial charge on any atom is -0.388 e. The van der Waals surface area contributed by atoms with Gasteiger partial charge in [-0.05, 0) is 25.0 Å². The molecule has 0 aromatic carbocycles. The van der Waals surface area contributed by atoms with Crippen molar-refractivity contribution in [3.05, 3.63) is 24.4 Å². The van der Waals surface area contributed by atoms with E-state index >= 15 is 0 Å². The number of hydrogen-bond donors (Lipinski definition) is 3. The Balaban J connectivity index is 0.00000162. The maximum absolute atomic E-state index is 10.1. The van der Waals surface area contributed by atoms with E-state index in [4.69, 9.17) is 5.73 Å². The number of nitrogens with two attached hydrogens (primary N) is 1. The Hall–Kier alpha value is -0.890. The fraction of sp³-hybridized carbons (Fsp3) is 0.500. The molecule has 1 aliphatic rings. The molecular weight excluding hydrogens is 343 g/mol. The lowest BCUT2D eigenvalue weighted by atomic mass is 10.0. The Kier molecular flexibility index (Phi) is 5.80. The number of hydrogen-bond acceptors (Lipinski definition) is 3. The van der Waals surface area contributed by atoms with Crippen molar-refractivity contribution in [2.45, 2.75) is 31.3 Å². The van der Waals surface area contributed by atoms with E-state index < -0.39 is 5.60 Å². The summed E-state index contributed by atoms with van der Waals surface area (Å²) in [4.78, 5) is 8.25. The van der Waals surface area contributed by atoms with Gasteiger partial charge in [-0.15, -0.1) is 24.0 Å². The molecule has 0 aliphatic heterocycles. The highest BCUT2D eigenvalue weighted by Crippen LogP contribution is 2.29. The van der Waals surface area contributed by atoms with Gasteiger partial charge in [0.05, 0.1) is 12.1 Å². The van der Waals surface area contributed by atoms with Gasteiger partial charge in [0.2, 0.25) is 0 Å². The van der Waals surface area contributed by atoms with Crippen LogP contribution in [0.2, 0.25) is 0 Å². The smallest absolute Gasteiger partial charge is 0.194 e. The standard InChI is InChI=1S/C12H18N4O.HI/c13-11(16-10-5-1-4-8-14-10)15-9-12(17)6-2-3-7-12;/h1,4-5,8,17H,2-3,6-7,9H2,(H3,13,14,15,16);1H. The van der Waals surface area contributed by atoms with Gasteiger partial charge in [-0.3, -0.25) is 4.99 Å². The molecule has 100 valence electrons. The summed E-state index contributed by atoms with van der Waals surface area (Å²) < 4.78 is 0. The summed E-state index contributed by atoms with van der Waals surface area (Å²) in [5.41, 5.74) is 5.07. The number of aliphatic imine (C=N–C) groups is 1. The van der Waals surface area contributed by atoms with Crippen LogP contribution in [0, 0.1) is 0 Å². The summed E-state index contributed by atoms with van der Waals surface area (Å²) in [6.07, 6.45) is 5.44. The van der Waals surface area contributed by atoms with E-state index in [1.165, 1.54) is 0 Å². The maximum Gasteiger partial charge on any atom is 0.194 e. The zero-order valence-corrected chi connectivity index (χ0v) is 12.5. The van der Waals surface area contributed by atoms with Crippen LogP contribution < -0.4 is 11.1 Å². The number of anilines is 1. The van der Waals surface area contributed by atoms with E-state index in [0.717, 1.165) is 25.7 Å². The van der Waals surface area contributed by atoms with Crippen molar-refractivity contribution in [2.75, 3.05) is 11.9 Å². The van der Waals surface area contributed by atoms with Crippen LogP contribution in [0.25, 0.3) is 0 Å². The summed E-state index contributed by atoms with van der Waals surface area (Å²) in [5, 5.41) is 13.0. The first kappa shape index (κ1) is 15.2. The molecule has 6 heteroatoms. The van der Waals surface area contributed by atoms with Crippen molar-refractivity contribution >= 4 is 35.8 Å². The topological polar surface area (TPSA) is 83.5 Å². The molecule has 1 aliphatic carbocycles. The number of nitrogens with one attached hydrogen (secondary N) is 1. The molecule has 1 fully saturated rings. The molecule has 0 unspecified atom stereocenters. The average molecular weight is 362 g/mol. The fourth-order valence-electron chi connectivity index (χ4n) is 2.03. The van der Waals surface area contributed by atoms with E-state index in [9.17, 15) is 5.11 Å². The van der Waals surface area contributed by atoms with Crippen LogP contribution in [-0.4, -0.2) is 28.2 Å². The number of pyridine rings is 1. The summed E-state index contributed by atoms with van der Waals surface area (Å²) in [7, 11) is 0. The number of rotatable bonds is 3. The van der Waals surface area contributed by atoms with Crippen LogP contribution in [0.15, 0.2) is 29.4 Å². The first-order valence-electron chi connectivity index (χ1n) is 5.88. The number of aromatic nitrogens is 1. The van der Waals surface area contributed by atoms with Crippen LogP contribution in [0.4, 0.5) is 5.82 Å². The minimum atomic E-state index is -0.656. The fourth-order valence-corrected chi connectivity index (χ4v) is 2.03. The zero-order valence-electron chi connectivity index (χ0n) is 10.2. The highest BCUT2D eigenvalue weighted by Gasteiger charge is 2.30. The van der Waals surface area contributed by atoms with Gasteiger partial charge in [0.1, 0.15) is 5.82 Å². The number of nitrogens with zero attached hydrogens (tertiary/aromatic N) is 2. The third-order valence-electron chi connectivity index (χ3n) is 3.00. The second kappa shape index (κ2) is 6.89. The Morgan fingerprint density at radius 1 is 1.44 bits per heavy atom. The Labute approximate surface area is 124 Å². The van der Waals surface area contributed by atoms with Crippen LogP contribution in [0.3, 0.4) is 0 Å². The predicted molar refractivity (Wildman–Crippen MR) is 83.2 cm³/mol. The quantitative estimate of drug-likeness (QED) is 0.435. The Morgan fingerprint density at radius 3 is 2.78 bits per heavy atom. The first-order valence-corrected chi connectivity index (χ1v) is 5.88. The third kappa shape index (κ3) is 4.41.